The Bertz CT molecular complexity index is 630. The fourth-order valence-electron chi connectivity index (χ4n) is 4.28. The average Bonchev–Trinajstić information content (AvgIpc) is 3.06. The predicted molar refractivity (Wildman–Crippen MR) is 85.3 cm³/mol. The number of hydrogen-bond donors (Lipinski definition) is 1. The summed E-state index contributed by atoms with van der Waals surface area (Å²) in [4.78, 5) is 1.55. The van der Waals surface area contributed by atoms with Crippen LogP contribution in [-0.4, -0.2) is 7.05 Å². The molecule has 1 N–H and O–H groups in total. The second kappa shape index (κ2) is 4.71. The lowest BCUT2D eigenvalue weighted by atomic mass is 9.92. The summed E-state index contributed by atoms with van der Waals surface area (Å²) < 4.78 is 0. The first-order valence-corrected chi connectivity index (χ1v) is 8.48. The van der Waals surface area contributed by atoms with Crippen molar-refractivity contribution >= 4 is 11.3 Å². The van der Waals surface area contributed by atoms with Crippen LogP contribution in [0.3, 0.4) is 0 Å². The summed E-state index contributed by atoms with van der Waals surface area (Å²) in [6.07, 6.45) is 2.64. The van der Waals surface area contributed by atoms with Crippen LogP contribution in [0.1, 0.15) is 39.9 Å². The van der Waals surface area contributed by atoms with Crippen LogP contribution in [0.5, 0.6) is 0 Å². The number of nitrogens with one attached hydrogen (secondary N) is 1. The van der Waals surface area contributed by atoms with Crippen LogP contribution in [0, 0.1) is 18.8 Å². The van der Waals surface area contributed by atoms with E-state index in [0.29, 0.717) is 6.04 Å². The zero-order valence-corrected chi connectivity index (χ0v) is 12.9. The van der Waals surface area contributed by atoms with Crippen LogP contribution in [0.15, 0.2) is 35.7 Å². The van der Waals surface area contributed by atoms with Crippen LogP contribution >= 0.6 is 11.3 Å². The van der Waals surface area contributed by atoms with Gasteiger partial charge in [-0.05, 0) is 72.7 Å². The van der Waals surface area contributed by atoms with Gasteiger partial charge in [0, 0.05) is 10.9 Å². The number of benzene rings is 1. The van der Waals surface area contributed by atoms with Gasteiger partial charge in [0.25, 0.3) is 0 Å². The van der Waals surface area contributed by atoms with Crippen molar-refractivity contribution in [2.45, 2.75) is 31.7 Å². The van der Waals surface area contributed by atoms with Gasteiger partial charge in [0.15, 0.2) is 0 Å². The Morgan fingerprint density at radius 3 is 2.85 bits per heavy atom. The molecule has 20 heavy (non-hydrogen) atoms. The number of fused-ring (bicyclic) bond motifs is 3. The maximum Gasteiger partial charge on any atom is 0.0452 e. The molecule has 1 nitrogen and oxygen atoms in total. The van der Waals surface area contributed by atoms with Crippen LogP contribution in [0.2, 0.25) is 0 Å². The molecule has 4 unspecified atom stereocenters. The van der Waals surface area contributed by atoms with Gasteiger partial charge in [0.2, 0.25) is 0 Å². The van der Waals surface area contributed by atoms with Gasteiger partial charge < -0.3 is 5.32 Å². The molecule has 0 radical (unpaired) electrons. The molecule has 1 aromatic carbocycles. The molecule has 1 aromatic heterocycles. The maximum atomic E-state index is 3.60. The maximum absolute atomic E-state index is 3.60. The topological polar surface area (TPSA) is 12.0 Å². The van der Waals surface area contributed by atoms with Crippen molar-refractivity contribution in [2.24, 2.45) is 11.8 Å². The number of thiophene rings is 1. The molecule has 0 bridgehead atoms. The third kappa shape index (κ3) is 1.78. The summed E-state index contributed by atoms with van der Waals surface area (Å²) in [6, 6.07) is 11.9. The van der Waals surface area contributed by atoms with Crippen molar-refractivity contribution in [3.05, 3.63) is 57.3 Å². The van der Waals surface area contributed by atoms with E-state index in [0.717, 1.165) is 17.8 Å². The predicted octanol–water partition coefficient (Wildman–Crippen LogP) is 4.29. The van der Waals surface area contributed by atoms with Crippen molar-refractivity contribution < 1.29 is 0 Å². The second-order valence-corrected chi connectivity index (χ2v) is 7.19. The van der Waals surface area contributed by atoms with Gasteiger partial charge in [-0.25, -0.2) is 0 Å². The lowest BCUT2D eigenvalue weighted by molar-refractivity contribution is 0.490. The summed E-state index contributed by atoms with van der Waals surface area (Å²) in [5.41, 5.74) is 4.67. The smallest absolute Gasteiger partial charge is 0.0452 e. The van der Waals surface area contributed by atoms with E-state index in [9.17, 15) is 0 Å². The zero-order chi connectivity index (χ0) is 13.7. The van der Waals surface area contributed by atoms with Crippen LogP contribution in [-0.2, 0) is 6.42 Å². The molecule has 104 valence electrons. The largest absolute Gasteiger partial charge is 0.312 e. The second-order valence-electron chi connectivity index (χ2n) is 6.24. The van der Waals surface area contributed by atoms with Crippen molar-refractivity contribution in [1.82, 2.24) is 5.32 Å². The Kier molecular flexibility index (Phi) is 2.97. The minimum atomic E-state index is 0.538. The molecule has 0 saturated heterocycles. The molecule has 2 aromatic rings. The lowest BCUT2D eigenvalue weighted by Gasteiger charge is -2.16. The molecular formula is C18H21NS. The van der Waals surface area contributed by atoms with Gasteiger partial charge in [0.05, 0.1) is 0 Å². The van der Waals surface area contributed by atoms with Crippen molar-refractivity contribution in [2.75, 3.05) is 7.05 Å². The molecule has 1 fully saturated rings. The van der Waals surface area contributed by atoms with Gasteiger partial charge in [-0.15, -0.1) is 11.3 Å². The van der Waals surface area contributed by atoms with Gasteiger partial charge >= 0.3 is 0 Å². The van der Waals surface area contributed by atoms with Crippen LogP contribution in [0.25, 0.3) is 0 Å². The monoisotopic (exact) mass is 283 g/mol. The first-order valence-electron chi connectivity index (χ1n) is 7.60. The van der Waals surface area contributed by atoms with Crippen LogP contribution < -0.4 is 5.32 Å². The molecule has 2 aliphatic rings. The molecule has 0 aliphatic heterocycles. The Hall–Kier alpha value is -1.12. The highest BCUT2D eigenvalue weighted by molar-refractivity contribution is 7.10. The summed E-state index contributed by atoms with van der Waals surface area (Å²) >= 11 is 1.91. The third-order valence-corrected chi connectivity index (χ3v) is 6.37. The fourth-order valence-corrected chi connectivity index (χ4v) is 5.37. The van der Waals surface area contributed by atoms with Crippen molar-refractivity contribution in [3.63, 3.8) is 0 Å². The lowest BCUT2D eigenvalue weighted by Crippen LogP contribution is -2.19. The van der Waals surface area contributed by atoms with Crippen LogP contribution in [0.4, 0.5) is 0 Å². The highest BCUT2D eigenvalue weighted by atomic mass is 32.1. The normalized spacial score (nSPS) is 28.6. The SMILES string of the molecule is CNC(c1sccc1C)C1C2CCc3ccccc3C21. The molecule has 2 aliphatic carbocycles. The first-order chi connectivity index (χ1) is 9.81. The van der Waals surface area contributed by atoms with Gasteiger partial charge in [-0.3, -0.25) is 0 Å². The highest BCUT2D eigenvalue weighted by Gasteiger charge is 2.56. The van der Waals surface area contributed by atoms with E-state index in [1.165, 1.54) is 18.4 Å². The van der Waals surface area contributed by atoms with Crippen molar-refractivity contribution in [3.8, 4) is 0 Å². The summed E-state index contributed by atoms with van der Waals surface area (Å²) in [5.74, 6) is 2.48. The molecule has 0 amide bonds. The third-order valence-electron chi connectivity index (χ3n) is 5.27. The van der Waals surface area contributed by atoms with E-state index >= 15 is 0 Å². The number of rotatable bonds is 3. The number of hydrogen-bond acceptors (Lipinski definition) is 2. The first kappa shape index (κ1) is 12.6. The molecular weight excluding hydrogens is 262 g/mol. The van der Waals surface area contributed by atoms with E-state index in [1.807, 2.05) is 11.3 Å². The quantitative estimate of drug-likeness (QED) is 0.886. The van der Waals surface area contributed by atoms with Crippen molar-refractivity contribution in [1.29, 1.82) is 0 Å². The Morgan fingerprint density at radius 2 is 2.10 bits per heavy atom. The minimum absolute atomic E-state index is 0.538. The van der Waals surface area contributed by atoms with Gasteiger partial charge in [0.1, 0.15) is 0 Å². The standard InChI is InChI=1S/C18H21NS/c1-11-9-10-20-18(11)17(19-2)16-14-8-7-12-5-3-4-6-13(12)15(14)16/h3-6,9-10,14-17,19H,7-8H2,1-2H3. The van der Waals surface area contributed by atoms with Gasteiger partial charge in [-0.1, -0.05) is 24.3 Å². The van der Waals surface area contributed by atoms with E-state index in [2.05, 4.69) is 55.0 Å². The summed E-state index contributed by atoms with van der Waals surface area (Å²) in [6.45, 7) is 2.25. The Labute approximate surface area is 125 Å². The molecule has 4 rings (SSSR count). The molecule has 0 spiro atoms. The average molecular weight is 283 g/mol. The molecule has 2 heteroatoms. The minimum Gasteiger partial charge on any atom is -0.312 e. The molecule has 1 heterocycles. The van der Waals surface area contributed by atoms with E-state index < -0.39 is 0 Å². The molecule has 1 saturated carbocycles. The number of aryl methyl sites for hydroxylation is 2. The Morgan fingerprint density at radius 1 is 1.25 bits per heavy atom. The fraction of sp³-hybridized carbons (Fsp3) is 0.444. The summed E-state index contributed by atoms with van der Waals surface area (Å²) in [7, 11) is 2.13. The van der Waals surface area contributed by atoms with E-state index in [4.69, 9.17) is 0 Å². The zero-order valence-electron chi connectivity index (χ0n) is 12.1. The van der Waals surface area contributed by atoms with Gasteiger partial charge in [-0.2, -0.15) is 0 Å². The molecule has 4 atom stereocenters. The van der Waals surface area contributed by atoms with E-state index in [-0.39, 0.29) is 0 Å². The highest BCUT2D eigenvalue weighted by Crippen LogP contribution is 2.64. The van der Waals surface area contributed by atoms with E-state index in [1.54, 1.807) is 16.0 Å². The Balaban J connectivity index is 1.67. The summed E-state index contributed by atoms with van der Waals surface area (Å²) in [5, 5.41) is 5.84.